The van der Waals surface area contributed by atoms with Gasteiger partial charge in [0.05, 0.1) is 11.4 Å². The topological polar surface area (TPSA) is 69.7 Å². The van der Waals surface area contributed by atoms with E-state index in [2.05, 4.69) is 5.32 Å². The molecule has 0 unspecified atom stereocenters. The molecule has 29 heavy (non-hydrogen) atoms. The Morgan fingerprint density at radius 2 is 1.62 bits per heavy atom. The van der Waals surface area contributed by atoms with E-state index in [1.807, 2.05) is 4.90 Å². The summed E-state index contributed by atoms with van der Waals surface area (Å²) in [7, 11) is -3.56. The summed E-state index contributed by atoms with van der Waals surface area (Å²) < 4.78 is 39.7. The summed E-state index contributed by atoms with van der Waals surface area (Å²) in [4.78, 5) is 14.3. The van der Waals surface area contributed by atoms with Crippen molar-refractivity contribution in [2.75, 3.05) is 39.3 Å². The van der Waals surface area contributed by atoms with Crippen LogP contribution < -0.4 is 5.32 Å². The molecule has 156 valence electrons. The maximum absolute atomic E-state index is 12.9. The first-order valence-corrected chi connectivity index (χ1v) is 11.2. The van der Waals surface area contributed by atoms with Crippen LogP contribution in [-0.4, -0.2) is 62.8 Å². The van der Waals surface area contributed by atoms with Crippen molar-refractivity contribution < 1.29 is 17.6 Å². The summed E-state index contributed by atoms with van der Waals surface area (Å²) in [6.07, 6.45) is 0.624. The standard InChI is InChI=1S/C20H23ClFN3O3S/c21-17-3-7-19(8-4-17)29(27,28)25-13-11-24(12-14-25)15-20(26)23-10-9-16-1-5-18(22)6-2-16/h1-8H,9-15H2,(H,23,26). The number of nitrogens with one attached hydrogen (secondary N) is 1. The maximum Gasteiger partial charge on any atom is 0.243 e. The smallest absolute Gasteiger partial charge is 0.243 e. The first-order valence-electron chi connectivity index (χ1n) is 9.34. The number of amides is 1. The second-order valence-corrected chi connectivity index (χ2v) is 9.23. The van der Waals surface area contributed by atoms with Crippen molar-refractivity contribution in [3.8, 4) is 0 Å². The number of hydrogen-bond acceptors (Lipinski definition) is 4. The van der Waals surface area contributed by atoms with Gasteiger partial charge in [-0.3, -0.25) is 9.69 Å². The van der Waals surface area contributed by atoms with Gasteiger partial charge in [0.1, 0.15) is 5.82 Å². The quantitative estimate of drug-likeness (QED) is 0.717. The van der Waals surface area contributed by atoms with Crippen LogP contribution >= 0.6 is 11.6 Å². The predicted molar refractivity (Wildman–Crippen MR) is 110 cm³/mol. The van der Waals surface area contributed by atoms with Crippen LogP contribution in [0.4, 0.5) is 4.39 Å². The van der Waals surface area contributed by atoms with Gasteiger partial charge < -0.3 is 5.32 Å². The molecule has 0 aromatic heterocycles. The minimum Gasteiger partial charge on any atom is -0.355 e. The van der Waals surface area contributed by atoms with E-state index in [1.165, 1.54) is 28.6 Å². The zero-order chi connectivity index (χ0) is 20.9. The molecule has 2 aromatic carbocycles. The maximum atomic E-state index is 12.9. The summed E-state index contributed by atoms with van der Waals surface area (Å²) in [6, 6.07) is 12.3. The number of hydrogen-bond donors (Lipinski definition) is 1. The zero-order valence-electron chi connectivity index (χ0n) is 15.9. The highest BCUT2D eigenvalue weighted by Crippen LogP contribution is 2.19. The highest BCUT2D eigenvalue weighted by Gasteiger charge is 2.28. The molecule has 2 aromatic rings. The fourth-order valence-corrected chi connectivity index (χ4v) is 4.69. The van der Waals surface area contributed by atoms with Crippen LogP contribution in [0.2, 0.25) is 5.02 Å². The predicted octanol–water partition coefficient (Wildman–Crippen LogP) is 2.14. The summed E-state index contributed by atoms with van der Waals surface area (Å²) in [5.74, 6) is -0.392. The lowest BCUT2D eigenvalue weighted by Crippen LogP contribution is -2.51. The lowest BCUT2D eigenvalue weighted by Gasteiger charge is -2.33. The summed E-state index contributed by atoms with van der Waals surface area (Å²) in [5, 5.41) is 3.33. The van der Waals surface area contributed by atoms with Gasteiger partial charge in [-0.25, -0.2) is 12.8 Å². The Hall–Kier alpha value is -2.00. The van der Waals surface area contributed by atoms with Crippen molar-refractivity contribution in [3.05, 3.63) is 64.9 Å². The SMILES string of the molecule is O=C(CN1CCN(S(=O)(=O)c2ccc(Cl)cc2)CC1)NCCc1ccc(F)cc1. The third-order valence-corrected chi connectivity index (χ3v) is 6.96. The van der Waals surface area contributed by atoms with E-state index in [4.69, 9.17) is 11.6 Å². The molecule has 0 bridgehead atoms. The van der Waals surface area contributed by atoms with E-state index in [9.17, 15) is 17.6 Å². The molecule has 0 saturated carbocycles. The first kappa shape index (κ1) is 21.7. The lowest BCUT2D eigenvalue weighted by molar-refractivity contribution is -0.122. The largest absolute Gasteiger partial charge is 0.355 e. The molecule has 1 aliphatic heterocycles. The number of sulfonamides is 1. The molecule has 0 spiro atoms. The van der Waals surface area contributed by atoms with E-state index in [-0.39, 0.29) is 23.2 Å². The van der Waals surface area contributed by atoms with Crippen LogP contribution in [0.5, 0.6) is 0 Å². The number of rotatable bonds is 7. The first-order chi connectivity index (χ1) is 13.8. The Balaban J connectivity index is 1.42. The van der Waals surface area contributed by atoms with E-state index in [0.29, 0.717) is 44.2 Å². The molecule has 1 aliphatic rings. The molecule has 0 radical (unpaired) electrons. The van der Waals surface area contributed by atoms with Gasteiger partial charge in [-0.2, -0.15) is 4.31 Å². The number of piperazine rings is 1. The minimum absolute atomic E-state index is 0.110. The Bertz CT molecular complexity index is 928. The Morgan fingerprint density at radius 3 is 2.24 bits per heavy atom. The minimum atomic E-state index is -3.56. The van der Waals surface area contributed by atoms with Gasteiger partial charge in [-0.05, 0) is 48.4 Å². The number of carbonyl (C=O) groups excluding carboxylic acids is 1. The van der Waals surface area contributed by atoms with Crippen LogP contribution in [0.25, 0.3) is 0 Å². The Morgan fingerprint density at radius 1 is 1.00 bits per heavy atom. The van der Waals surface area contributed by atoms with Crippen molar-refractivity contribution >= 4 is 27.5 Å². The molecule has 3 rings (SSSR count). The molecule has 0 aliphatic carbocycles. The van der Waals surface area contributed by atoms with Crippen LogP contribution in [0.15, 0.2) is 53.4 Å². The third-order valence-electron chi connectivity index (χ3n) is 4.80. The van der Waals surface area contributed by atoms with E-state index in [0.717, 1.165) is 5.56 Å². The zero-order valence-corrected chi connectivity index (χ0v) is 17.4. The van der Waals surface area contributed by atoms with Gasteiger partial charge in [-0.15, -0.1) is 0 Å². The Kier molecular flexibility index (Phi) is 7.23. The molecule has 9 heteroatoms. The molecule has 1 saturated heterocycles. The average Bonchev–Trinajstić information content (AvgIpc) is 2.70. The summed E-state index contributed by atoms with van der Waals surface area (Å²) >= 11 is 5.82. The van der Waals surface area contributed by atoms with Crippen LogP contribution in [0.1, 0.15) is 5.56 Å². The van der Waals surface area contributed by atoms with Crippen molar-refractivity contribution in [2.24, 2.45) is 0 Å². The van der Waals surface area contributed by atoms with E-state index < -0.39 is 10.0 Å². The van der Waals surface area contributed by atoms with Gasteiger partial charge in [0.2, 0.25) is 15.9 Å². The molecule has 1 N–H and O–H groups in total. The van der Waals surface area contributed by atoms with Crippen molar-refractivity contribution in [3.63, 3.8) is 0 Å². The molecular formula is C20H23ClFN3O3S. The monoisotopic (exact) mass is 439 g/mol. The molecule has 1 fully saturated rings. The summed E-state index contributed by atoms with van der Waals surface area (Å²) in [5.41, 5.74) is 0.952. The third kappa shape index (κ3) is 5.99. The highest BCUT2D eigenvalue weighted by molar-refractivity contribution is 7.89. The average molecular weight is 440 g/mol. The van der Waals surface area contributed by atoms with Crippen LogP contribution in [-0.2, 0) is 21.2 Å². The number of benzene rings is 2. The number of nitrogens with zero attached hydrogens (tertiary/aromatic N) is 2. The van der Waals surface area contributed by atoms with Gasteiger partial charge in [0.25, 0.3) is 0 Å². The van der Waals surface area contributed by atoms with E-state index >= 15 is 0 Å². The van der Waals surface area contributed by atoms with Crippen molar-refractivity contribution in [2.45, 2.75) is 11.3 Å². The van der Waals surface area contributed by atoms with Crippen LogP contribution in [0.3, 0.4) is 0 Å². The van der Waals surface area contributed by atoms with Gasteiger partial charge >= 0.3 is 0 Å². The highest BCUT2D eigenvalue weighted by atomic mass is 35.5. The second-order valence-electron chi connectivity index (χ2n) is 6.86. The Labute approximate surface area is 175 Å². The fraction of sp³-hybridized carbons (Fsp3) is 0.350. The van der Waals surface area contributed by atoms with Crippen molar-refractivity contribution in [1.29, 1.82) is 0 Å². The molecule has 6 nitrogen and oxygen atoms in total. The molecule has 0 atom stereocenters. The lowest BCUT2D eigenvalue weighted by atomic mass is 10.1. The van der Waals surface area contributed by atoms with Gasteiger partial charge in [0.15, 0.2) is 0 Å². The van der Waals surface area contributed by atoms with Crippen molar-refractivity contribution in [1.82, 2.24) is 14.5 Å². The number of carbonyl (C=O) groups is 1. The summed E-state index contributed by atoms with van der Waals surface area (Å²) in [6.45, 7) is 2.31. The van der Waals surface area contributed by atoms with E-state index in [1.54, 1.807) is 24.3 Å². The molecule has 1 amide bonds. The van der Waals surface area contributed by atoms with Gasteiger partial charge in [-0.1, -0.05) is 23.7 Å². The normalized spacial score (nSPS) is 15.9. The second kappa shape index (κ2) is 9.67. The molecule has 1 heterocycles. The molecular weight excluding hydrogens is 417 g/mol. The fourth-order valence-electron chi connectivity index (χ4n) is 3.14. The van der Waals surface area contributed by atoms with Crippen LogP contribution in [0, 0.1) is 5.82 Å². The number of halogens is 2. The van der Waals surface area contributed by atoms with Gasteiger partial charge in [0, 0.05) is 37.7 Å².